The molecular formula is C24H31Br2ClN8O2. The Balaban J connectivity index is 0.000000143. The fourth-order valence-corrected chi connectivity index (χ4v) is 5.14. The number of nitrogens with zero attached hydrogens (tertiary/aromatic N) is 6. The number of aliphatic hydroxyl groups excluding tert-OH is 2. The van der Waals surface area contributed by atoms with Crippen molar-refractivity contribution in [3.8, 4) is 0 Å². The highest BCUT2D eigenvalue weighted by molar-refractivity contribution is 9.10. The molecule has 13 heteroatoms. The van der Waals surface area contributed by atoms with Crippen molar-refractivity contribution in [1.29, 1.82) is 0 Å². The van der Waals surface area contributed by atoms with Gasteiger partial charge in [-0.15, -0.1) is 5.10 Å². The van der Waals surface area contributed by atoms with Crippen LogP contribution < -0.4 is 11.1 Å². The van der Waals surface area contributed by atoms with Crippen LogP contribution in [-0.4, -0.2) is 63.7 Å². The average molecular weight is 659 g/mol. The molecule has 2 fully saturated rings. The van der Waals surface area contributed by atoms with Crippen LogP contribution in [0.1, 0.15) is 51.4 Å². The highest BCUT2D eigenvalue weighted by Gasteiger charge is 2.19. The van der Waals surface area contributed by atoms with Crippen LogP contribution in [0.3, 0.4) is 0 Å². The van der Waals surface area contributed by atoms with E-state index in [-0.39, 0.29) is 12.2 Å². The Morgan fingerprint density at radius 2 is 1.30 bits per heavy atom. The first-order chi connectivity index (χ1) is 17.8. The van der Waals surface area contributed by atoms with E-state index in [0.29, 0.717) is 17.2 Å². The van der Waals surface area contributed by atoms with Crippen LogP contribution >= 0.6 is 43.5 Å². The maximum absolute atomic E-state index is 9.48. The summed E-state index contributed by atoms with van der Waals surface area (Å²) in [5, 5.41) is 30.8. The number of aromatic nitrogens is 6. The zero-order valence-electron chi connectivity index (χ0n) is 20.2. The summed E-state index contributed by atoms with van der Waals surface area (Å²) >= 11 is 12.4. The second-order valence-electron chi connectivity index (χ2n) is 9.29. The second kappa shape index (κ2) is 13.3. The van der Waals surface area contributed by atoms with Crippen LogP contribution in [0.4, 0.5) is 5.82 Å². The van der Waals surface area contributed by atoms with E-state index >= 15 is 0 Å². The van der Waals surface area contributed by atoms with Gasteiger partial charge in [0.05, 0.1) is 24.6 Å². The Kier molecular flexibility index (Phi) is 10.1. The Hall–Kier alpha value is -1.83. The van der Waals surface area contributed by atoms with E-state index in [2.05, 4.69) is 57.3 Å². The lowest BCUT2D eigenvalue weighted by molar-refractivity contribution is 0.123. The molecule has 0 amide bonds. The van der Waals surface area contributed by atoms with Gasteiger partial charge in [0.15, 0.2) is 11.3 Å². The first kappa shape index (κ1) is 28.2. The molecule has 0 bridgehead atoms. The minimum Gasteiger partial charge on any atom is -0.393 e. The summed E-state index contributed by atoms with van der Waals surface area (Å²) < 4.78 is 5.04. The van der Waals surface area contributed by atoms with Gasteiger partial charge in [-0.25, -0.2) is 19.0 Å². The Morgan fingerprint density at radius 3 is 1.86 bits per heavy atom. The molecule has 200 valence electrons. The van der Waals surface area contributed by atoms with Gasteiger partial charge >= 0.3 is 0 Å². The largest absolute Gasteiger partial charge is 0.393 e. The molecule has 37 heavy (non-hydrogen) atoms. The van der Waals surface area contributed by atoms with E-state index in [0.717, 1.165) is 77.7 Å². The molecule has 0 atom stereocenters. The van der Waals surface area contributed by atoms with Crippen LogP contribution in [-0.2, 0) is 0 Å². The van der Waals surface area contributed by atoms with Gasteiger partial charge in [0.25, 0.3) is 0 Å². The van der Waals surface area contributed by atoms with Crippen LogP contribution in [0.2, 0.25) is 5.15 Å². The minimum atomic E-state index is -0.124. The molecule has 0 spiro atoms. The molecule has 10 nitrogen and oxygen atoms in total. The van der Waals surface area contributed by atoms with E-state index < -0.39 is 0 Å². The minimum absolute atomic E-state index is 0.0604. The first-order valence-electron chi connectivity index (χ1n) is 12.3. The molecular weight excluding hydrogens is 628 g/mol. The van der Waals surface area contributed by atoms with Crippen molar-refractivity contribution in [3.05, 3.63) is 51.0 Å². The lowest BCUT2D eigenvalue weighted by atomic mass is 9.93. The van der Waals surface area contributed by atoms with Gasteiger partial charge in [0.2, 0.25) is 0 Å². The van der Waals surface area contributed by atoms with Gasteiger partial charge < -0.3 is 21.3 Å². The van der Waals surface area contributed by atoms with Crippen molar-refractivity contribution < 1.29 is 10.2 Å². The fourth-order valence-electron chi connectivity index (χ4n) is 4.28. The van der Waals surface area contributed by atoms with Crippen molar-refractivity contribution in [2.75, 3.05) is 5.32 Å². The fraction of sp³-hybridized carbons (Fsp3) is 0.500. The number of halogens is 3. The van der Waals surface area contributed by atoms with Crippen molar-refractivity contribution >= 4 is 60.6 Å². The van der Waals surface area contributed by atoms with Crippen molar-refractivity contribution in [2.24, 2.45) is 5.73 Å². The van der Waals surface area contributed by atoms with Gasteiger partial charge in [0, 0.05) is 12.1 Å². The third-order valence-corrected chi connectivity index (χ3v) is 7.68. The van der Waals surface area contributed by atoms with E-state index in [4.69, 9.17) is 22.4 Å². The van der Waals surface area contributed by atoms with Gasteiger partial charge in [0.1, 0.15) is 20.2 Å². The summed E-state index contributed by atoms with van der Waals surface area (Å²) in [7, 11) is 0. The van der Waals surface area contributed by atoms with Gasteiger partial charge in [-0.2, -0.15) is 5.10 Å². The monoisotopic (exact) mass is 656 g/mol. The molecule has 0 aliphatic heterocycles. The van der Waals surface area contributed by atoms with Crippen LogP contribution in [0.5, 0.6) is 0 Å². The predicted octanol–water partition coefficient (Wildman–Crippen LogP) is 4.60. The van der Waals surface area contributed by atoms with Crippen LogP contribution in [0, 0.1) is 0 Å². The molecule has 4 heterocycles. The van der Waals surface area contributed by atoms with E-state index in [9.17, 15) is 5.11 Å². The number of imidazole rings is 2. The molecule has 2 aliphatic rings. The number of nitrogens with one attached hydrogen (secondary N) is 1. The Bertz CT molecular complexity index is 1280. The molecule has 0 aromatic carbocycles. The molecule has 0 unspecified atom stereocenters. The number of aliphatic hydroxyl groups is 2. The lowest BCUT2D eigenvalue weighted by Gasteiger charge is -2.26. The van der Waals surface area contributed by atoms with Crippen LogP contribution in [0.15, 0.2) is 45.9 Å². The lowest BCUT2D eigenvalue weighted by Crippen LogP contribution is -2.28. The molecule has 5 N–H and O–H groups in total. The summed E-state index contributed by atoms with van der Waals surface area (Å²) in [5.74, 6) is 0.850. The van der Waals surface area contributed by atoms with Crippen molar-refractivity contribution in [1.82, 2.24) is 29.2 Å². The number of hydrogen-bond acceptors (Lipinski definition) is 8. The smallest absolute Gasteiger partial charge is 0.154 e. The molecule has 6 rings (SSSR count). The molecule has 0 radical (unpaired) electrons. The number of rotatable bonds is 2. The summed E-state index contributed by atoms with van der Waals surface area (Å²) in [6.45, 7) is 0. The number of nitrogens with two attached hydrogens (primary N) is 1. The highest BCUT2D eigenvalue weighted by atomic mass is 79.9. The molecule has 2 saturated carbocycles. The quantitative estimate of drug-likeness (QED) is 0.245. The third kappa shape index (κ3) is 8.08. The highest BCUT2D eigenvalue weighted by Crippen LogP contribution is 2.22. The average Bonchev–Trinajstić information content (AvgIpc) is 3.45. The zero-order chi connectivity index (χ0) is 26.4. The topological polar surface area (TPSA) is 139 Å². The van der Waals surface area contributed by atoms with Crippen LogP contribution in [0.25, 0.3) is 11.3 Å². The maximum atomic E-state index is 9.48. The Morgan fingerprint density at radius 1 is 0.784 bits per heavy atom. The van der Waals surface area contributed by atoms with Gasteiger partial charge in [-0.3, -0.25) is 0 Å². The van der Waals surface area contributed by atoms with E-state index in [1.165, 1.54) is 0 Å². The molecule has 2 aliphatic carbocycles. The normalized spacial score (nSPS) is 23.6. The molecule has 4 aromatic rings. The van der Waals surface area contributed by atoms with Gasteiger partial charge in [-0.1, -0.05) is 11.6 Å². The van der Waals surface area contributed by atoms with E-state index in [1.807, 2.05) is 12.1 Å². The standard InChI is InChI=1S/C12H15BrN4O.C6H3BrClN3.C6H13NO/c13-10-7-14-12-6-5-11(16-17(10)12)15-8-1-3-9(18)4-2-8;7-4-3-9-6-2-1-5(8)10-11(4)6;7-5-1-3-6(8)4-2-5/h5-9,18H,1-4H2,(H,15,16);1-3H;5-6,8H,1-4,7H2. The first-order valence-corrected chi connectivity index (χ1v) is 14.3. The maximum Gasteiger partial charge on any atom is 0.154 e. The Labute approximate surface area is 236 Å². The van der Waals surface area contributed by atoms with Crippen molar-refractivity contribution in [3.63, 3.8) is 0 Å². The summed E-state index contributed by atoms with van der Waals surface area (Å²) in [5.41, 5.74) is 7.19. The second-order valence-corrected chi connectivity index (χ2v) is 11.3. The number of hydrogen-bond donors (Lipinski definition) is 4. The number of fused-ring (bicyclic) bond motifs is 2. The predicted molar refractivity (Wildman–Crippen MR) is 151 cm³/mol. The summed E-state index contributed by atoms with van der Waals surface area (Å²) in [6.07, 6.45) is 10.8. The summed E-state index contributed by atoms with van der Waals surface area (Å²) in [6, 6.07) is 8.16. The van der Waals surface area contributed by atoms with Crippen molar-refractivity contribution in [2.45, 2.75) is 75.7 Å². The molecule has 0 saturated heterocycles. The molecule has 4 aromatic heterocycles. The third-order valence-electron chi connectivity index (χ3n) is 6.40. The SMILES string of the molecule is Clc1ccc2ncc(Br)n2n1.NC1CCC(O)CC1.OC1CCC(Nc2ccc3ncc(Br)n3n2)CC1. The zero-order valence-corrected chi connectivity index (χ0v) is 24.1. The number of anilines is 1. The van der Waals surface area contributed by atoms with E-state index in [1.54, 1.807) is 33.6 Å². The summed E-state index contributed by atoms with van der Waals surface area (Å²) in [4.78, 5) is 8.26. The van der Waals surface area contributed by atoms with Gasteiger partial charge in [-0.05, 0) is 107 Å².